The molecule has 2 aromatic rings. The molecule has 0 aliphatic rings. The zero-order chi connectivity index (χ0) is 11.2. The van der Waals surface area contributed by atoms with Gasteiger partial charge in [0.1, 0.15) is 5.69 Å². The van der Waals surface area contributed by atoms with E-state index in [9.17, 15) is 0 Å². The van der Waals surface area contributed by atoms with E-state index in [0.29, 0.717) is 0 Å². The van der Waals surface area contributed by atoms with Crippen molar-refractivity contribution in [2.45, 2.75) is 19.9 Å². The topological polar surface area (TPSA) is 37.8 Å². The van der Waals surface area contributed by atoms with Crippen LogP contribution in [0.1, 0.15) is 18.2 Å². The van der Waals surface area contributed by atoms with Gasteiger partial charge in [0.15, 0.2) is 0 Å². The molecule has 0 radical (unpaired) electrons. The first-order chi connectivity index (χ1) is 7.90. The Hall–Kier alpha value is -1.26. The van der Waals surface area contributed by atoms with Gasteiger partial charge < -0.3 is 5.32 Å². The Morgan fingerprint density at radius 3 is 3.00 bits per heavy atom. The standard InChI is InChI=1S/C12H15N3S/c1-2-6-13-9-10-8-12(15-16-10)11-5-3-4-7-14-11/h3-5,7-8,13H,2,6,9H2,1H3. The number of aromatic nitrogens is 2. The summed E-state index contributed by atoms with van der Waals surface area (Å²) < 4.78 is 4.40. The van der Waals surface area contributed by atoms with E-state index in [0.717, 1.165) is 30.9 Å². The molecular weight excluding hydrogens is 218 g/mol. The minimum absolute atomic E-state index is 0.901. The molecule has 4 heteroatoms. The SMILES string of the molecule is CCCNCc1cc(-c2ccccn2)ns1. The number of nitrogens with zero attached hydrogens (tertiary/aromatic N) is 2. The summed E-state index contributed by atoms with van der Waals surface area (Å²) in [6, 6.07) is 7.99. The molecule has 0 fully saturated rings. The Labute approximate surface area is 99.7 Å². The minimum Gasteiger partial charge on any atom is -0.312 e. The first kappa shape index (κ1) is 11.2. The quantitative estimate of drug-likeness (QED) is 0.807. The maximum Gasteiger partial charge on any atom is 0.103 e. The van der Waals surface area contributed by atoms with E-state index in [2.05, 4.69) is 27.7 Å². The van der Waals surface area contributed by atoms with Crippen molar-refractivity contribution < 1.29 is 0 Å². The molecule has 2 rings (SSSR count). The van der Waals surface area contributed by atoms with E-state index < -0.39 is 0 Å². The van der Waals surface area contributed by atoms with Crippen LogP contribution in [0.15, 0.2) is 30.5 Å². The zero-order valence-electron chi connectivity index (χ0n) is 9.31. The molecule has 84 valence electrons. The molecule has 0 atom stereocenters. The molecule has 2 aromatic heterocycles. The number of nitrogens with one attached hydrogen (secondary N) is 1. The highest BCUT2D eigenvalue weighted by molar-refractivity contribution is 7.06. The lowest BCUT2D eigenvalue weighted by molar-refractivity contribution is 0.681. The van der Waals surface area contributed by atoms with Crippen molar-refractivity contribution in [1.29, 1.82) is 0 Å². The molecule has 0 saturated carbocycles. The first-order valence-corrected chi connectivity index (χ1v) is 6.25. The molecule has 0 aliphatic carbocycles. The second-order valence-corrected chi connectivity index (χ2v) is 4.46. The smallest absolute Gasteiger partial charge is 0.103 e. The van der Waals surface area contributed by atoms with E-state index in [4.69, 9.17) is 0 Å². The van der Waals surface area contributed by atoms with Gasteiger partial charge >= 0.3 is 0 Å². The summed E-state index contributed by atoms with van der Waals surface area (Å²) in [5, 5.41) is 3.37. The van der Waals surface area contributed by atoms with Crippen LogP contribution in [0, 0.1) is 0 Å². The van der Waals surface area contributed by atoms with Crippen molar-refractivity contribution in [2.75, 3.05) is 6.54 Å². The van der Waals surface area contributed by atoms with Crippen LogP contribution in [0.25, 0.3) is 11.4 Å². The second kappa shape index (κ2) is 5.72. The van der Waals surface area contributed by atoms with Crippen molar-refractivity contribution in [3.05, 3.63) is 35.3 Å². The van der Waals surface area contributed by atoms with Gasteiger partial charge in [-0.1, -0.05) is 13.0 Å². The number of rotatable bonds is 5. The highest BCUT2D eigenvalue weighted by Crippen LogP contribution is 2.19. The fourth-order valence-electron chi connectivity index (χ4n) is 1.42. The Morgan fingerprint density at radius 2 is 2.25 bits per heavy atom. The van der Waals surface area contributed by atoms with Gasteiger partial charge in [0.25, 0.3) is 0 Å². The van der Waals surface area contributed by atoms with Crippen molar-refractivity contribution in [3.63, 3.8) is 0 Å². The summed E-state index contributed by atoms with van der Waals surface area (Å²) in [4.78, 5) is 5.54. The lowest BCUT2D eigenvalue weighted by atomic mass is 10.2. The Bertz CT molecular complexity index is 425. The van der Waals surface area contributed by atoms with E-state index in [1.165, 1.54) is 4.88 Å². The van der Waals surface area contributed by atoms with E-state index in [1.807, 2.05) is 18.2 Å². The molecule has 2 heterocycles. The van der Waals surface area contributed by atoms with Crippen LogP contribution in [0.3, 0.4) is 0 Å². The monoisotopic (exact) mass is 233 g/mol. The average Bonchev–Trinajstić information content (AvgIpc) is 2.79. The molecule has 3 nitrogen and oxygen atoms in total. The largest absolute Gasteiger partial charge is 0.312 e. The van der Waals surface area contributed by atoms with Crippen LogP contribution in [0.4, 0.5) is 0 Å². The number of pyridine rings is 1. The van der Waals surface area contributed by atoms with Crippen LogP contribution in [-0.2, 0) is 6.54 Å². The first-order valence-electron chi connectivity index (χ1n) is 5.48. The molecule has 0 spiro atoms. The second-order valence-electron chi connectivity index (χ2n) is 3.57. The molecule has 0 saturated heterocycles. The molecule has 1 N–H and O–H groups in total. The molecule has 0 aliphatic heterocycles. The maximum absolute atomic E-state index is 4.40. The third kappa shape index (κ3) is 2.87. The van der Waals surface area contributed by atoms with Crippen LogP contribution in [-0.4, -0.2) is 15.9 Å². The van der Waals surface area contributed by atoms with E-state index in [1.54, 1.807) is 17.7 Å². The number of hydrogen-bond acceptors (Lipinski definition) is 4. The summed E-state index contributed by atoms with van der Waals surface area (Å²) in [6.07, 6.45) is 2.95. The Kier molecular flexibility index (Phi) is 4.02. The number of hydrogen-bond donors (Lipinski definition) is 1. The molecule has 0 aromatic carbocycles. The van der Waals surface area contributed by atoms with Crippen molar-refractivity contribution in [3.8, 4) is 11.4 Å². The van der Waals surface area contributed by atoms with Gasteiger partial charge in [0.05, 0.1) is 5.69 Å². The third-order valence-corrected chi connectivity index (χ3v) is 3.00. The molecule has 16 heavy (non-hydrogen) atoms. The maximum atomic E-state index is 4.40. The normalized spacial score (nSPS) is 10.6. The summed E-state index contributed by atoms with van der Waals surface area (Å²) >= 11 is 1.54. The van der Waals surface area contributed by atoms with Gasteiger partial charge in [-0.05, 0) is 42.7 Å². The highest BCUT2D eigenvalue weighted by Gasteiger charge is 2.04. The Balaban J connectivity index is 2.02. The van der Waals surface area contributed by atoms with Gasteiger partial charge in [-0.3, -0.25) is 4.98 Å². The van der Waals surface area contributed by atoms with Gasteiger partial charge in [0.2, 0.25) is 0 Å². The van der Waals surface area contributed by atoms with Gasteiger partial charge in [-0.25, -0.2) is 0 Å². The molecular formula is C12H15N3S. The van der Waals surface area contributed by atoms with Crippen LogP contribution < -0.4 is 5.32 Å². The highest BCUT2D eigenvalue weighted by atomic mass is 32.1. The van der Waals surface area contributed by atoms with Gasteiger partial charge in [-0.15, -0.1) is 0 Å². The predicted octanol–water partition coefficient (Wildman–Crippen LogP) is 2.70. The third-order valence-electron chi connectivity index (χ3n) is 2.21. The minimum atomic E-state index is 0.901. The average molecular weight is 233 g/mol. The molecule has 0 bridgehead atoms. The summed E-state index contributed by atoms with van der Waals surface area (Å²) in [6.45, 7) is 4.12. The fourth-order valence-corrected chi connectivity index (χ4v) is 2.11. The fraction of sp³-hybridized carbons (Fsp3) is 0.333. The summed E-state index contributed by atoms with van der Waals surface area (Å²) in [5.41, 5.74) is 1.92. The summed E-state index contributed by atoms with van der Waals surface area (Å²) in [5.74, 6) is 0. The lowest BCUT2D eigenvalue weighted by Gasteiger charge is -1.97. The van der Waals surface area contributed by atoms with E-state index in [-0.39, 0.29) is 0 Å². The predicted molar refractivity (Wildman–Crippen MR) is 67.3 cm³/mol. The van der Waals surface area contributed by atoms with Gasteiger partial charge in [0, 0.05) is 17.6 Å². The van der Waals surface area contributed by atoms with Crippen molar-refractivity contribution in [2.24, 2.45) is 0 Å². The lowest BCUT2D eigenvalue weighted by Crippen LogP contribution is -2.12. The van der Waals surface area contributed by atoms with Crippen LogP contribution >= 0.6 is 11.5 Å². The van der Waals surface area contributed by atoms with Crippen molar-refractivity contribution in [1.82, 2.24) is 14.7 Å². The zero-order valence-corrected chi connectivity index (χ0v) is 10.1. The van der Waals surface area contributed by atoms with Crippen LogP contribution in [0.5, 0.6) is 0 Å². The summed E-state index contributed by atoms with van der Waals surface area (Å²) in [7, 11) is 0. The Morgan fingerprint density at radius 1 is 1.31 bits per heavy atom. The molecule has 0 amide bonds. The van der Waals surface area contributed by atoms with Crippen LogP contribution in [0.2, 0.25) is 0 Å². The van der Waals surface area contributed by atoms with Crippen molar-refractivity contribution >= 4 is 11.5 Å². The van der Waals surface area contributed by atoms with E-state index >= 15 is 0 Å². The molecule has 0 unspecified atom stereocenters. The van der Waals surface area contributed by atoms with Gasteiger partial charge in [-0.2, -0.15) is 4.37 Å².